The van der Waals surface area contributed by atoms with Crippen LogP contribution in [0.2, 0.25) is 0 Å². The van der Waals surface area contributed by atoms with Gasteiger partial charge in [-0.05, 0) is 61.7 Å². The maximum absolute atomic E-state index is 9.75. The van der Waals surface area contributed by atoms with E-state index in [9.17, 15) is 5.11 Å². The Morgan fingerprint density at radius 1 is 0.963 bits per heavy atom. The fourth-order valence-corrected chi connectivity index (χ4v) is 3.29. The van der Waals surface area contributed by atoms with Crippen molar-refractivity contribution in [2.24, 2.45) is 5.10 Å². The van der Waals surface area contributed by atoms with Crippen LogP contribution in [0.4, 0.5) is 23.5 Å². The largest absolute Gasteiger partial charge is 0.506 e. The number of aromatic nitrogens is 3. The van der Waals surface area contributed by atoms with Gasteiger partial charge in [0.25, 0.3) is 0 Å². The highest BCUT2D eigenvalue weighted by Gasteiger charge is 2.06. The van der Waals surface area contributed by atoms with E-state index >= 15 is 0 Å². The van der Waals surface area contributed by atoms with Crippen LogP contribution in [0.1, 0.15) is 5.56 Å². The molecule has 0 fully saturated rings. The van der Waals surface area contributed by atoms with Crippen molar-refractivity contribution >= 4 is 61.6 Å². The normalized spacial score (nSPS) is 10.8. The molecule has 0 aliphatic rings. The third-order valence-corrected chi connectivity index (χ3v) is 4.52. The minimum atomic E-state index is 0.132. The van der Waals surface area contributed by atoms with Crippen LogP contribution in [0.3, 0.4) is 0 Å². The van der Waals surface area contributed by atoms with Crippen molar-refractivity contribution in [2.45, 2.75) is 0 Å². The molecule has 0 atom stereocenters. The molecule has 8 nitrogen and oxygen atoms in total. The van der Waals surface area contributed by atoms with Gasteiger partial charge >= 0.3 is 0 Å². The molecule has 0 unspecified atom stereocenters. The number of hydrogen-bond donors (Lipinski definition) is 4. The number of halogens is 2. The van der Waals surface area contributed by atoms with E-state index in [1.54, 1.807) is 25.4 Å². The smallest absolute Gasteiger partial charge is 0.250 e. The summed E-state index contributed by atoms with van der Waals surface area (Å²) in [5.74, 6) is 1.19. The van der Waals surface area contributed by atoms with E-state index < -0.39 is 0 Å². The van der Waals surface area contributed by atoms with E-state index in [2.05, 4.69) is 68.0 Å². The van der Waals surface area contributed by atoms with E-state index in [0.29, 0.717) is 20.8 Å². The molecule has 0 saturated heterocycles. The highest BCUT2D eigenvalue weighted by Crippen LogP contribution is 2.32. The number of para-hydroxylation sites is 1. The molecular weight excluding hydrogens is 478 g/mol. The minimum absolute atomic E-state index is 0.132. The lowest BCUT2D eigenvalue weighted by atomic mass is 10.2. The number of nitrogens with zero attached hydrogens (tertiary/aromatic N) is 4. The highest BCUT2D eigenvalue weighted by molar-refractivity contribution is 9.11. The molecule has 0 amide bonds. The van der Waals surface area contributed by atoms with E-state index in [4.69, 9.17) is 0 Å². The van der Waals surface area contributed by atoms with Crippen molar-refractivity contribution in [1.82, 2.24) is 15.0 Å². The van der Waals surface area contributed by atoms with Gasteiger partial charge in [-0.3, -0.25) is 0 Å². The van der Waals surface area contributed by atoms with Gasteiger partial charge in [0.2, 0.25) is 17.8 Å². The zero-order chi connectivity index (χ0) is 19.2. The quantitative estimate of drug-likeness (QED) is 0.299. The molecule has 27 heavy (non-hydrogen) atoms. The van der Waals surface area contributed by atoms with Gasteiger partial charge in [-0.2, -0.15) is 20.1 Å². The van der Waals surface area contributed by atoms with E-state index in [1.165, 1.54) is 0 Å². The van der Waals surface area contributed by atoms with Crippen LogP contribution in [0.5, 0.6) is 5.75 Å². The van der Waals surface area contributed by atoms with Gasteiger partial charge in [-0.1, -0.05) is 18.2 Å². The predicted octanol–water partition coefficient (Wildman–Crippen LogP) is 4.33. The second-order valence-electron chi connectivity index (χ2n) is 5.25. The number of hydrogen-bond acceptors (Lipinski definition) is 8. The van der Waals surface area contributed by atoms with Crippen molar-refractivity contribution in [3.63, 3.8) is 0 Å². The molecule has 1 aromatic heterocycles. The lowest BCUT2D eigenvalue weighted by Crippen LogP contribution is -2.07. The highest BCUT2D eigenvalue weighted by atomic mass is 79.9. The monoisotopic (exact) mass is 491 g/mol. The zero-order valence-corrected chi connectivity index (χ0v) is 17.3. The molecule has 0 aliphatic carbocycles. The number of hydrazone groups is 1. The zero-order valence-electron chi connectivity index (χ0n) is 14.1. The fourth-order valence-electron chi connectivity index (χ4n) is 2.07. The predicted molar refractivity (Wildman–Crippen MR) is 114 cm³/mol. The Hall–Kier alpha value is -2.72. The molecule has 3 rings (SSSR count). The van der Waals surface area contributed by atoms with E-state index in [-0.39, 0.29) is 11.7 Å². The number of anilines is 4. The van der Waals surface area contributed by atoms with Gasteiger partial charge in [-0.15, -0.1) is 0 Å². The number of rotatable bonds is 6. The van der Waals surface area contributed by atoms with Gasteiger partial charge in [0.05, 0.1) is 15.2 Å². The third-order valence-electron chi connectivity index (χ3n) is 3.31. The van der Waals surface area contributed by atoms with Crippen molar-refractivity contribution in [1.29, 1.82) is 0 Å². The summed E-state index contributed by atoms with van der Waals surface area (Å²) in [5, 5.41) is 19.9. The Bertz CT molecular complexity index is 944. The minimum Gasteiger partial charge on any atom is -0.506 e. The first-order chi connectivity index (χ1) is 13.0. The summed E-state index contributed by atoms with van der Waals surface area (Å²) < 4.78 is 1.12. The first kappa shape index (κ1) is 19.1. The van der Waals surface area contributed by atoms with Crippen molar-refractivity contribution in [3.05, 3.63) is 57.0 Å². The lowest BCUT2D eigenvalue weighted by Gasteiger charge is -2.08. The van der Waals surface area contributed by atoms with Crippen LogP contribution in [0.25, 0.3) is 0 Å². The van der Waals surface area contributed by atoms with Gasteiger partial charge in [-0.25, -0.2) is 5.43 Å². The Morgan fingerprint density at radius 3 is 2.26 bits per heavy atom. The molecule has 138 valence electrons. The van der Waals surface area contributed by atoms with Gasteiger partial charge in [0.15, 0.2) is 0 Å². The fraction of sp³-hybridized carbons (Fsp3) is 0.0588. The van der Waals surface area contributed by atoms with Crippen LogP contribution in [-0.2, 0) is 0 Å². The Morgan fingerprint density at radius 2 is 1.59 bits per heavy atom. The molecule has 0 bridgehead atoms. The van der Waals surface area contributed by atoms with Crippen LogP contribution in [0, 0.1) is 0 Å². The molecule has 4 N–H and O–H groups in total. The van der Waals surface area contributed by atoms with Crippen molar-refractivity contribution < 1.29 is 5.11 Å². The molecule has 0 aliphatic heterocycles. The number of aromatic hydroxyl groups is 1. The molecule has 0 spiro atoms. The molecule has 0 radical (unpaired) electrons. The summed E-state index contributed by atoms with van der Waals surface area (Å²) in [4.78, 5) is 12.8. The SMILES string of the molecule is CNc1nc(N/N=C\c2cc(Br)c(O)c(Br)c2)nc(Nc2ccccc2)n1. The first-order valence-corrected chi connectivity index (χ1v) is 9.37. The third kappa shape index (κ3) is 5.14. The van der Waals surface area contributed by atoms with Crippen molar-refractivity contribution in [3.8, 4) is 5.75 Å². The summed E-state index contributed by atoms with van der Waals surface area (Å²) in [6, 6.07) is 13.1. The average molecular weight is 493 g/mol. The summed E-state index contributed by atoms with van der Waals surface area (Å²) in [6.07, 6.45) is 1.59. The number of phenols is 1. The number of benzene rings is 2. The first-order valence-electron chi connectivity index (χ1n) is 7.78. The van der Waals surface area contributed by atoms with Crippen LogP contribution >= 0.6 is 31.9 Å². The molecule has 2 aromatic carbocycles. The van der Waals surface area contributed by atoms with Gasteiger partial charge in [0.1, 0.15) is 5.75 Å². The molecular formula is C17H15Br2N7O. The topological polar surface area (TPSA) is 107 Å². The van der Waals surface area contributed by atoms with Crippen molar-refractivity contribution in [2.75, 3.05) is 23.1 Å². The Labute approximate surface area is 172 Å². The lowest BCUT2D eigenvalue weighted by molar-refractivity contribution is 0.468. The second kappa shape index (κ2) is 8.78. The molecule has 1 heterocycles. The number of phenolic OH excluding ortho intramolecular Hbond substituents is 1. The maximum atomic E-state index is 9.75. The summed E-state index contributed by atoms with van der Waals surface area (Å²) in [5.41, 5.74) is 4.41. The van der Waals surface area contributed by atoms with Crippen LogP contribution < -0.4 is 16.1 Å². The van der Waals surface area contributed by atoms with E-state index in [1.807, 2.05) is 30.3 Å². The number of nitrogens with one attached hydrogen (secondary N) is 3. The summed E-state index contributed by atoms with van der Waals surface area (Å²) in [7, 11) is 1.72. The van der Waals surface area contributed by atoms with Gasteiger partial charge in [0, 0.05) is 12.7 Å². The Balaban J connectivity index is 1.77. The van der Waals surface area contributed by atoms with Crippen LogP contribution in [-0.4, -0.2) is 33.3 Å². The molecule has 3 aromatic rings. The van der Waals surface area contributed by atoms with Crippen LogP contribution in [0.15, 0.2) is 56.5 Å². The maximum Gasteiger partial charge on any atom is 0.250 e. The van der Waals surface area contributed by atoms with Gasteiger partial charge < -0.3 is 15.7 Å². The summed E-state index contributed by atoms with van der Waals surface area (Å²) >= 11 is 6.56. The standard InChI is InChI=1S/C17H15Br2N7O/c1-20-15-23-16(22-11-5-3-2-4-6-11)25-17(24-15)26-21-9-10-7-12(18)14(27)13(19)8-10/h2-9,27H,1H3,(H3,20,22,23,24,25,26)/b21-9-. The van der Waals surface area contributed by atoms with E-state index in [0.717, 1.165) is 11.3 Å². The Kier molecular flexibility index (Phi) is 6.20. The molecule has 0 saturated carbocycles. The average Bonchev–Trinajstić information content (AvgIpc) is 2.66. The second-order valence-corrected chi connectivity index (χ2v) is 6.96. The summed E-state index contributed by atoms with van der Waals surface area (Å²) in [6.45, 7) is 0. The molecule has 10 heteroatoms.